The smallest absolute Gasteiger partial charge is 0.418 e. The first-order valence-electron chi connectivity index (χ1n) is 19.0. The fourth-order valence-electron chi connectivity index (χ4n) is 5.98. The summed E-state index contributed by atoms with van der Waals surface area (Å²) in [6, 6.07) is 32.7. The Bertz CT molecular complexity index is 2990. The molecule has 7 aromatic rings. The largest absolute Gasteiger partial charge is 0.457 e. The number of anilines is 3. The van der Waals surface area contributed by atoms with Crippen LogP contribution in [0.3, 0.4) is 0 Å². The molecule has 1 heterocycles. The van der Waals surface area contributed by atoms with E-state index in [9.17, 15) is 43.2 Å². The standard InChI is InChI=1S/C21H15F3N2O3S.C20H17F3N2O3S.C4H10O3/c1-30(27,28)17-8-3-7-16(12-17)29-15-6-2-5-14(11-15)26-13-25-20-18(21(22,23)24)9-4-10-19(20)26;1-29(26,27)16-8-3-7-15(12-16)28-14-6-2-5-13(11-14)25-18-10-4-9-17(19(18)24)20(21,22)23;1-5-4(6-2)7-3/h2-13H,1H3;2-12,25H,24H2,1H3;4H,1-3H3. The fraction of sp³-hybridized carbons (Fsp3) is 0.178. The van der Waals surface area contributed by atoms with Gasteiger partial charge in [0.15, 0.2) is 19.7 Å². The first-order valence-corrected chi connectivity index (χ1v) is 22.8. The lowest BCUT2D eigenvalue weighted by Gasteiger charge is -2.15. The summed E-state index contributed by atoms with van der Waals surface area (Å²) in [6.45, 7) is -0.514. The fourth-order valence-corrected chi connectivity index (χ4v) is 7.29. The molecule has 0 fully saturated rings. The summed E-state index contributed by atoms with van der Waals surface area (Å²) in [5.74, 6) is 1.40. The number of imidazole rings is 1. The van der Waals surface area contributed by atoms with Crippen molar-refractivity contribution in [2.45, 2.75) is 28.6 Å². The predicted molar refractivity (Wildman–Crippen MR) is 236 cm³/mol. The van der Waals surface area contributed by atoms with Crippen LogP contribution in [0.4, 0.5) is 43.4 Å². The molecule has 0 atom stereocenters. The number of hydrogen-bond acceptors (Lipinski definition) is 12. The van der Waals surface area contributed by atoms with Gasteiger partial charge in [-0.25, -0.2) is 21.8 Å². The van der Waals surface area contributed by atoms with Crippen LogP contribution in [0.15, 0.2) is 150 Å². The van der Waals surface area contributed by atoms with Crippen molar-refractivity contribution >= 4 is 47.8 Å². The molecule has 0 saturated heterocycles. The molecule has 6 aromatic carbocycles. The van der Waals surface area contributed by atoms with Crippen LogP contribution >= 0.6 is 0 Å². The van der Waals surface area contributed by atoms with Crippen molar-refractivity contribution in [3.05, 3.63) is 151 Å². The Morgan fingerprint density at radius 3 is 1.55 bits per heavy atom. The van der Waals surface area contributed by atoms with E-state index in [-0.39, 0.29) is 21.0 Å². The molecule has 350 valence electrons. The number of nitrogens with one attached hydrogen (secondary N) is 1. The Kier molecular flexibility index (Phi) is 16.1. The second-order valence-corrected chi connectivity index (χ2v) is 17.9. The van der Waals surface area contributed by atoms with Gasteiger partial charge in [0.1, 0.15) is 34.8 Å². The number of nitrogens with two attached hydrogens (primary N) is 1. The van der Waals surface area contributed by atoms with Gasteiger partial charge in [0, 0.05) is 51.7 Å². The summed E-state index contributed by atoms with van der Waals surface area (Å²) < 4.78 is 152. The van der Waals surface area contributed by atoms with E-state index < -0.39 is 55.3 Å². The molecule has 1 aromatic heterocycles. The average Bonchev–Trinajstić information content (AvgIpc) is 3.69. The lowest BCUT2D eigenvalue weighted by atomic mass is 10.1. The molecule has 0 spiro atoms. The van der Waals surface area contributed by atoms with E-state index in [2.05, 4.69) is 24.5 Å². The molecule has 21 heteroatoms. The maximum absolute atomic E-state index is 13.2. The second kappa shape index (κ2) is 21.1. The molecular weight excluding hydrogens is 919 g/mol. The monoisotopic (exact) mass is 960 g/mol. The van der Waals surface area contributed by atoms with Crippen LogP contribution < -0.4 is 20.5 Å². The van der Waals surface area contributed by atoms with Gasteiger partial charge >= 0.3 is 12.4 Å². The lowest BCUT2D eigenvalue weighted by Crippen LogP contribution is -2.14. The van der Waals surface area contributed by atoms with Crippen molar-refractivity contribution in [2.24, 2.45) is 0 Å². The second-order valence-electron chi connectivity index (χ2n) is 13.9. The molecule has 0 bridgehead atoms. The minimum absolute atomic E-state index is 0.107. The van der Waals surface area contributed by atoms with Gasteiger partial charge in [0.25, 0.3) is 6.48 Å². The van der Waals surface area contributed by atoms with Gasteiger partial charge in [-0.3, -0.25) is 4.57 Å². The zero-order chi connectivity index (χ0) is 48.5. The molecule has 0 aliphatic carbocycles. The van der Waals surface area contributed by atoms with Gasteiger partial charge in [-0.05, 0) is 84.9 Å². The SMILES string of the molecule is COC(OC)OC.CS(=O)(=O)c1cccc(Oc2cccc(-n3cnc4c(C(F)(F)F)cccc43)c2)c1.CS(=O)(=O)c1cccc(Oc2cccc(Nc3cccc(C(F)(F)F)c3N)c2)c1. The molecule has 3 N–H and O–H groups in total. The number of methoxy groups -OCH3 is 3. The molecule has 13 nitrogen and oxygen atoms in total. The van der Waals surface area contributed by atoms with Crippen LogP contribution in [-0.4, -0.2) is 66.7 Å². The minimum Gasteiger partial charge on any atom is -0.457 e. The third-order valence-electron chi connectivity index (χ3n) is 9.02. The van der Waals surface area contributed by atoms with Gasteiger partial charge in [0.2, 0.25) is 0 Å². The summed E-state index contributed by atoms with van der Waals surface area (Å²) in [7, 11) is -2.24. The van der Waals surface area contributed by atoms with Crippen LogP contribution in [0.2, 0.25) is 0 Å². The Hall–Kier alpha value is -6.65. The van der Waals surface area contributed by atoms with E-state index in [0.717, 1.165) is 24.6 Å². The number of fused-ring (bicyclic) bond motifs is 1. The van der Waals surface area contributed by atoms with Crippen molar-refractivity contribution in [3.8, 4) is 28.7 Å². The summed E-state index contributed by atoms with van der Waals surface area (Å²) >= 11 is 0. The number of rotatable bonds is 12. The number of ether oxygens (including phenoxy) is 5. The third kappa shape index (κ3) is 13.5. The van der Waals surface area contributed by atoms with Crippen LogP contribution in [0.5, 0.6) is 23.0 Å². The number of para-hydroxylation sites is 2. The summed E-state index contributed by atoms with van der Waals surface area (Å²) in [5.41, 5.74) is 4.80. The van der Waals surface area contributed by atoms with E-state index in [1.165, 1.54) is 74.7 Å². The normalized spacial score (nSPS) is 11.9. The Balaban J connectivity index is 0.000000217. The topological polar surface area (TPSA) is 170 Å². The molecule has 0 aliphatic rings. The Morgan fingerprint density at radius 1 is 0.591 bits per heavy atom. The molecule has 66 heavy (non-hydrogen) atoms. The highest BCUT2D eigenvalue weighted by molar-refractivity contribution is 7.91. The van der Waals surface area contributed by atoms with E-state index in [4.69, 9.17) is 15.2 Å². The number of benzene rings is 6. The number of sulfone groups is 2. The van der Waals surface area contributed by atoms with E-state index in [0.29, 0.717) is 39.9 Å². The molecular formula is C45H42F6N4O9S2. The minimum atomic E-state index is -4.56. The first kappa shape index (κ1) is 50.4. The Morgan fingerprint density at radius 2 is 1.05 bits per heavy atom. The highest BCUT2D eigenvalue weighted by atomic mass is 32.2. The summed E-state index contributed by atoms with van der Waals surface area (Å²) in [6.07, 6.45) is -5.54. The van der Waals surface area contributed by atoms with Crippen LogP contribution in [0, 0.1) is 0 Å². The third-order valence-corrected chi connectivity index (χ3v) is 11.2. The first-order chi connectivity index (χ1) is 31.0. The van der Waals surface area contributed by atoms with Gasteiger partial charge in [-0.2, -0.15) is 26.3 Å². The van der Waals surface area contributed by atoms with Crippen LogP contribution in [-0.2, 0) is 46.2 Å². The number of nitrogens with zero attached hydrogens (tertiary/aromatic N) is 2. The van der Waals surface area contributed by atoms with Crippen molar-refractivity contribution < 1.29 is 66.9 Å². The summed E-state index contributed by atoms with van der Waals surface area (Å²) in [4.78, 5) is 4.18. The summed E-state index contributed by atoms with van der Waals surface area (Å²) in [5, 5.41) is 2.85. The lowest BCUT2D eigenvalue weighted by molar-refractivity contribution is -0.252. The molecule has 0 radical (unpaired) electrons. The highest BCUT2D eigenvalue weighted by Gasteiger charge is 2.34. The van der Waals surface area contributed by atoms with E-state index in [1.807, 2.05) is 0 Å². The number of halogens is 6. The number of alkyl halides is 6. The molecule has 0 aliphatic heterocycles. The maximum atomic E-state index is 13.2. The van der Waals surface area contributed by atoms with Crippen LogP contribution in [0.25, 0.3) is 16.7 Å². The molecule has 0 amide bonds. The molecule has 0 unspecified atom stereocenters. The average molecular weight is 961 g/mol. The van der Waals surface area contributed by atoms with Gasteiger partial charge < -0.3 is 34.7 Å². The zero-order valence-electron chi connectivity index (χ0n) is 35.6. The number of aromatic nitrogens is 2. The molecule has 7 rings (SSSR count). The number of nitrogen functional groups attached to an aromatic ring is 1. The van der Waals surface area contributed by atoms with Crippen molar-refractivity contribution in [2.75, 3.05) is 44.9 Å². The van der Waals surface area contributed by atoms with E-state index >= 15 is 0 Å². The maximum Gasteiger partial charge on any atom is 0.418 e. The van der Waals surface area contributed by atoms with Gasteiger partial charge in [-0.15, -0.1) is 0 Å². The van der Waals surface area contributed by atoms with Crippen molar-refractivity contribution in [3.63, 3.8) is 0 Å². The Labute approximate surface area is 376 Å². The quantitative estimate of drug-likeness (QED) is 0.0676. The number of hydrogen-bond donors (Lipinski definition) is 2. The van der Waals surface area contributed by atoms with Gasteiger partial charge in [-0.1, -0.05) is 36.4 Å². The predicted octanol–water partition coefficient (Wildman–Crippen LogP) is 10.7. The zero-order valence-corrected chi connectivity index (χ0v) is 37.2. The molecule has 0 saturated carbocycles. The van der Waals surface area contributed by atoms with Gasteiger partial charge in [0.05, 0.1) is 43.5 Å². The van der Waals surface area contributed by atoms with E-state index in [1.54, 1.807) is 78.9 Å². The highest BCUT2D eigenvalue weighted by Crippen LogP contribution is 2.39. The van der Waals surface area contributed by atoms with Crippen LogP contribution in [0.1, 0.15) is 11.1 Å². The van der Waals surface area contributed by atoms with Crippen molar-refractivity contribution in [1.29, 1.82) is 0 Å². The van der Waals surface area contributed by atoms with Crippen molar-refractivity contribution in [1.82, 2.24) is 9.55 Å².